The molecule has 0 N–H and O–H groups in total. The van der Waals surface area contributed by atoms with E-state index in [1.165, 1.54) is 6.07 Å². The van der Waals surface area contributed by atoms with Crippen LogP contribution in [0.3, 0.4) is 0 Å². The van der Waals surface area contributed by atoms with Crippen molar-refractivity contribution in [3.05, 3.63) is 57.9 Å². The summed E-state index contributed by atoms with van der Waals surface area (Å²) in [6.45, 7) is 2.54. The molecule has 0 aliphatic heterocycles. The number of aromatic nitrogens is 2. The normalized spacial score (nSPS) is 14.0. The fourth-order valence-electron chi connectivity index (χ4n) is 2.25. The summed E-state index contributed by atoms with van der Waals surface area (Å²) in [6, 6.07) is 7.18. The lowest BCUT2D eigenvalue weighted by atomic mass is 10.2. The summed E-state index contributed by atoms with van der Waals surface area (Å²) < 4.78 is 0. The molecular formula is C15H16N4O2. The van der Waals surface area contributed by atoms with E-state index in [9.17, 15) is 10.1 Å². The third-order valence-corrected chi connectivity index (χ3v) is 3.49. The molecule has 1 aromatic heterocycles. The second-order valence-electron chi connectivity index (χ2n) is 5.35. The van der Waals surface area contributed by atoms with Crippen LogP contribution in [0.2, 0.25) is 0 Å². The van der Waals surface area contributed by atoms with Gasteiger partial charge in [0.15, 0.2) is 0 Å². The Hall–Kier alpha value is -2.50. The molecule has 21 heavy (non-hydrogen) atoms. The zero-order chi connectivity index (χ0) is 14.8. The Balaban J connectivity index is 1.84. The summed E-state index contributed by atoms with van der Waals surface area (Å²) in [6.07, 6.45) is 5.83. The number of aryl methyl sites for hydroxylation is 1. The molecule has 2 aromatic rings. The van der Waals surface area contributed by atoms with Crippen LogP contribution in [-0.2, 0) is 6.54 Å². The highest BCUT2D eigenvalue weighted by Gasteiger charge is 2.31. The number of nitro groups is 1. The standard InChI is InChI=1S/C15H16N4O2/c1-11-8-16-15(17-9-11)18(13-5-6-13)10-12-3-2-4-14(7-12)19(20)21/h2-4,7-9,13H,5-6,10H2,1H3. The van der Waals surface area contributed by atoms with Crippen molar-refractivity contribution in [1.29, 1.82) is 0 Å². The molecule has 0 radical (unpaired) electrons. The maximum absolute atomic E-state index is 10.9. The number of nitro benzene ring substituents is 1. The first-order chi connectivity index (χ1) is 10.1. The molecule has 0 saturated heterocycles. The number of rotatable bonds is 5. The third-order valence-electron chi connectivity index (χ3n) is 3.49. The van der Waals surface area contributed by atoms with Crippen molar-refractivity contribution in [2.75, 3.05) is 4.90 Å². The first-order valence-corrected chi connectivity index (χ1v) is 6.92. The number of nitrogens with zero attached hydrogens (tertiary/aromatic N) is 4. The van der Waals surface area contributed by atoms with Crippen molar-refractivity contribution in [3.8, 4) is 0 Å². The van der Waals surface area contributed by atoms with Gasteiger partial charge in [0, 0.05) is 37.1 Å². The maximum atomic E-state index is 10.9. The molecule has 1 aliphatic carbocycles. The van der Waals surface area contributed by atoms with E-state index in [1.807, 2.05) is 13.0 Å². The van der Waals surface area contributed by atoms with Crippen LogP contribution in [0, 0.1) is 17.0 Å². The highest BCUT2D eigenvalue weighted by Crippen LogP contribution is 2.31. The third kappa shape index (κ3) is 3.16. The molecule has 1 fully saturated rings. The Morgan fingerprint density at radius 2 is 2.05 bits per heavy atom. The molecule has 0 atom stereocenters. The lowest BCUT2D eigenvalue weighted by Gasteiger charge is -2.22. The SMILES string of the molecule is Cc1cnc(N(Cc2cccc([N+](=O)[O-])c2)C2CC2)nc1. The minimum atomic E-state index is -0.368. The highest BCUT2D eigenvalue weighted by molar-refractivity contribution is 5.40. The molecule has 1 heterocycles. The predicted molar refractivity (Wildman–Crippen MR) is 79.1 cm³/mol. The minimum absolute atomic E-state index is 0.119. The lowest BCUT2D eigenvalue weighted by molar-refractivity contribution is -0.384. The molecule has 1 aliphatic rings. The van der Waals surface area contributed by atoms with Gasteiger partial charge in [-0.2, -0.15) is 0 Å². The van der Waals surface area contributed by atoms with Crippen LogP contribution in [-0.4, -0.2) is 20.9 Å². The number of non-ortho nitro benzene ring substituents is 1. The predicted octanol–water partition coefficient (Wildman–Crippen LogP) is 2.86. The van der Waals surface area contributed by atoms with Crippen molar-refractivity contribution < 1.29 is 4.92 Å². The fraction of sp³-hybridized carbons (Fsp3) is 0.333. The topological polar surface area (TPSA) is 72.2 Å². The van der Waals surface area contributed by atoms with Crippen molar-refractivity contribution in [3.63, 3.8) is 0 Å². The Labute approximate surface area is 122 Å². The van der Waals surface area contributed by atoms with Gasteiger partial charge in [0.1, 0.15) is 0 Å². The summed E-state index contributed by atoms with van der Waals surface area (Å²) in [5.41, 5.74) is 2.04. The van der Waals surface area contributed by atoms with E-state index in [1.54, 1.807) is 24.5 Å². The van der Waals surface area contributed by atoms with Crippen LogP contribution in [0.1, 0.15) is 24.0 Å². The van der Waals surface area contributed by atoms with Crippen molar-refractivity contribution in [1.82, 2.24) is 9.97 Å². The Morgan fingerprint density at radius 3 is 2.67 bits per heavy atom. The average Bonchev–Trinajstić information content (AvgIpc) is 3.31. The monoisotopic (exact) mass is 284 g/mol. The van der Waals surface area contributed by atoms with Crippen LogP contribution in [0.15, 0.2) is 36.7 Å². The Morgan fingerprint density at radius 1 is 1.33 bits per heavy atom. The Kier molecular flexibility index (Phi) is 3.51. The summed E-state index contributed by atoms with van der Waals surface area (Å²) in [5, 5.41) is 10.9. The maximum Gasteiger partial charge on any atom is 0.269 e. The second kappa shape index (κ2) is 5.47. The van der Waals surface area contributed by atoms with Crippen LogP contribution in [0.5, 0.6) is 0 Å². The summed E-state index contributed by atoms with van der Waals surface area (Å²) in [4.78, 5) is 21.4. The molecular weight excluding hydrogens is 268 g/mol. The van der Waals surface area contributed by atoms with Crippen LogP contribution < -0.4 is 4.90 Å². The molecule has 0 unspecified atom stereocenters. The molecule has 0 spiro atoms. The zero-order valence-corrected chi connectivity index (χ0v) is 11.8. The summed E-state index contributed by atoms with van der Waals surface area (Å²) in [7, 11) is 0. The molecule has 0 amide bonds. The van der Waals surface area contributed by atoms with Crippen LogP contribution >= 0.6 is 0 Å². The number of hydrogen-bond donors (Lipinski definition) is 0. The van der Waals surface area contributed by atoms with Gasteiger partial charge < -0.3 is 4.90 Å². The van der Waals surface area contributed by atoms with Gasteiger partial charge in [0.2, 0.25) is 5.95 Å². The molecule has 3 rings (SSSR count). The fourth-order valence-corrected chi connectivity index (χ4v) is 2.25. The van der Waals surface area contributed by atoms with Crippen molar-refractivity contribution in [2.24, 2.45) is 0 Å². The number of anilines is 1. The molecule has 1 saturated carbocycles. The molecule has 6 nitrogen and oxygen atoms in total. The van der Waals surface area contributed by atoms with Crippen LogP contribution in [0.25, 0.3) is 0 Å². The van der Waals surface area contributed by atoms with Gasteiger partial charge in [-0.3, -0.25) is 10.1 Å². The van der Waals surface area contributed by atoms with E-state index < -0.39 is 0 Å². The van der Waals surface area contributed by atoms with E-state index in [2.05, 4.69) is 14.9 Å². The van der Waals surface area contributed by atoms with E-state index in [-0.39, 0.29) is 10.6 Å². The quantitative estimate of drug-likeness (QED) is 0.623. The van der Waals surface area contributed by atoms with Gasteiger partial charge in [0.05, 0.1) is 4.92 Å². The zero-order valence-electron chi connectivity index (χ0n) is 11.8. The first-order valence-electron chi connectivity index (χ1n) is 6.92. The van der Waals surface area contributed by atoms with Crippen molar-refractivity contribution in [2.45, 2.75) is 32.4 Å². The average molecular weight is 284 g/mol. The van der Waals surface area contributed by atoms with Gasteiger partial charge in [-0.1, -0.05) is 12.1 Å². The van der Waals surface area contributed by atoms with E-state index in [0.717, 1.165) is 24.0 Å². The Bertz CT molecular complexity index is 653. The summed E-state index contributed by atoms with van der Waals surface area (Å²) in [5.74, 6) is 0.689. The molecule has 0 bridgehead atoms. The van der Waals surface area contributed by atoms with Gasteiger partial charge >= 0.3 is 0 Å². The minimum Gasteiger partial charge on any atom is -0.334 e. The van der Waals surface area contributed by atoms with Gasteiger partial charge in [-0.15, -0.1) is 0 Å². The molecule has 6 heteroatoms. The van der Waals surface area contributed by atoms with Crippen molar-refractivity contribution >= 4 is 11.6 Å². The van der Waals surface area contributed by atoms with E-state index in [0.29, 0.717) is 18.5 Å². The molecule has 1 aromatic carbocycles. The lowest BCUT2D eigenvalue weighted by Crippen LogP contribution is -2.27. The summed E-state index contributed by atoms with van der Waals surface area (Å²) >= 11 is 0. The van der Waals surface area contributed by atoms with Gasteiger partial charge in [0.25, 0.3) is 5.69 Å². The largest absolute Gasteiger partial charge is 0.334 e. The second-order valence-corrected chi connectivity index (χ2v) is 5.35. The number of benzene rings is 1. The smallest absolute Gasteiger partial charge is 0.269 e. The van der Waals surface area contributed by atoms with Gasteiger partial charge in [-0.05, 0) is 30.9 Å². The molecule has 108 valence electrons. The van der Waals surface area contributed by atoms with Gasteiger partial charge in [-0.25, -0.2) is 9.97 Å². The number of hydrogen-bond acceptors (Lipinski definition) is 5. The highest BCUT2D eigenvalue weighted by atomic mass is 16.6. The van der Waals surface area contributed by atoms with Crippen LogP contribution in [0.4, 0.5) is 11.6 Å². The van der Waals surface area contributed by atoms with E-state index >= 15 is 0 Å². The van der Waals surface area contributed by atoms with E-state index in [4.69, 9.17) is 0 Å². The first kappa shape index (κ1) is 13.5.